The van der Waals surface area contributed by atoms with Crippen LogP contribution in [0.25, 0.3) is 0 Å². The van der Waals surface area contributed by atoms with Crippen molar-refractivity contribution in [2.45, 2.75) is 12.8 Å². The van der Waals surface area contributed by atoms with Crippen LogP contribution in [0.15, 0.2) is 76.8 Å². The van der Waals surface area contributed by atoms with Crippen LogP contribution in [-0.2, 0) is 12.8 Å². The molecule has 0 saturated carbocycles. The molecule has 1 aromatic heterocycles. The lowest BCUT2D eigenvalue weighted by atomic mass is 10.0. The minimum atomic E-state index is -0.450. The summed E-state index contributed by atoms with van der Waals surface area (Å²) in [6.07, 6.45) is 2.82. The van der Waals surface area contributed by atoms with Crippen molar-refractivity contribution in [1.29, 1.82) is 0 Å². The van der Waals surface area contributed by atoms with Crippen LogP contribution < -0.4 is 11.0 Å². The number of aromatic amines is 1. The Hall–Kier alpha value is -2.92. The molecule has 1 heterocycles. The van der Waals surface area contributed by atoms with E-state index in [2.05, 4.69) is 45.0 Å². The largest absolute Gasteiger partial charge is 0.285 e. The van der Waals surface area contributed by atoms with E-state index in [0.29, 0.717) is 18.5 Å². The number of halogens is 1. The number of anilines is 1. The second-order valence-electron chi connectivity index (χ2n) is 5.54. The van der Waals surface area contributed by atoms with Gasteiger partial charge < -0.3 is 0 Å². The molecule has 0 amide bonds. The first-order valence-electron chi connectivity index (χ1n) is 7.85. The Bertz CT molecular complexity index is 864. The minimum Gasteiger partial charge on any atom is -0.275 e. The molecule has 25 heavy (non-hydrogen) atoms. The Morgan fingerprint density at radius 3 is 2.12 bits per heavy atom. The summed E-state index contributed by atoms with van der Waals surface area (Å²) < 4.78 is 0. The molecule has 5 nitrogen and oxygen atoms in total. The molecule has 0 unspecified atom stereocenters. The Labute approximate surface area is 150 Å². The van der Waals surface area contributed by atoms with E-state index in [0.717, 1.165) is 16.8 Å². The first kappa shape index (κ1) is 16.9. The van der Waals surface area contributed by atoms with Gasteiger partial charge in [-0.3, -0.25) is 10.2 Å². The van der Waals surface area contributed by atoms with Gasteiger partial charge in [0.25, 0.3) is 5.56 Å². The molecule has 0 aliphatic carbocycles. The van der Waals surface area contributed by atoms with Crippen LogP contribution in [0.3, 0.4) is 0 Å². The summed E-state index contributed by atoms with van der Waals surface area (Å²) in [5, 5.41) is 10.5. The lowest BCUT2D eigenvalue weighted by Crippen LogP contribution is -2.13. The lowest BCUT2D eigenvalue weighted by Gasteiger charge is -2.09. The number of hydrogen-bond donors (Lipinski definition) is 2. The number of nitrogens with one attached hydrogen (secondary N) is 2. The zero-order valence-corrected chi connectivity index (χ0v) is 14.2. The maximum atomic E-state index is 11.5. The van der Waals surface area contributed by atoms with Gasteiger partial charge in [-0.25, -0.2) is 5.10 Å². The number of rotatable bonds is 6. The van der Waals surface area contributed by atoms with Gasteiger partial charge in [-0.05, 0) is 11.1 Å². The monoisotopic (exact) mass is 352 g/mol. The summed E-state index contributed by atoms with van der Waals surface area (Å²) in [6, 6.07) is 20.2. The smallest absolute Gasteiger partial charge is 0.275 e. The van der Waals surface area contributed by atoms with Crippen LogP contribution in [0.5, 0.6) is 0 Å². The molecule has 126 valence electrons. The van der Waals surface area contributed by atoms with Crippen molar-refractivity contribution in [2.75, 3.05) is 5.43 Å². The predicted molar refractivity (Wildman–Crippen MR) is 101 cm³/mol. The molecular weight excluding hydrogens is 336 g/mol. The van der Waals surface area contributed by atoms with Crippen molar-refractivity contribution in [1.82, 2.24) is 10.2 Å². The number of benzene rings is 2. The van der Waals surface area contributed by atoms with Gasteiger partial charge in [0.15, 0.2) is 0 Å². The molecule has 0 aliphatic rings. The highest BCUT2D eigenvalue weighted by Gasteiger charge is 2.07. The van der Waals surface area contributed by atoms with Gasteiger partial charge in [0.05, 0.1) is 6.20 Å². The Morgan fingerprint density at radius 1 is 1.00 bits per heavy atom. The molecule has 2 aromatic carbocycles. The van der Waals surface area contributed by atoms with Gasteiger partial charge in [0.2, 0.25) is 0 Å². The van der Waals surface area contributed by atoms with Crippen molar-refractivity contribution >= 4 is 23.0 Å². The average Bonchev–Trinajstić information content (AvgIpc) is 2.64. The van der Waals surface area contributed by atoms with Crippen LogP contribution in [0, 0.1) is 0 Å². The van der Waals surface area contributed by atoms with Gasteiger partial charge in [-0.15, -0.1) is 0 Å². The highest BCUT2D eigenvalue weighted by molar-refractivity contribution is 6.32. The van der Waals surface area contributed by atoms with Crippen LogP contribution in [0.1, 0.15) is 11.1 Å². The van der Waals surface area contributed by atoms with Crippen LogP contribution in [-0.4, -0.2) is 15.9 Å². The van der Waals surface area contributed by atoms with Gasteiger partial charge in [0.1, 0.15) is 10.7 Å². The second kappa shape index (κ2) is 8.26. The highest BCUT2D eigenvalue weighted by atomic mass is 35.5. The van der Waals surface area contributed by atoms with Crippen molar-refractivity contribution in [2.24, 2.45) is 5.10 Å². The van der Waals surface area contributed by atoms with Gasteiger partial charge in [-0.1, -0.05) is 72.3 Å². The van der Waals surface area contributed by atoms with Crippen molar-refractivity contribution in [3.8, 4) is 0 Å². The number of nitrogens with zero attached hydrogens (tertiary/aromatic N) is 2. The Morgan fingerprint density at radius 2 is 1.56 bits per heavy atom. The third kappa shape index (κ3) is 4.78. The number of hydrazone groups is 1. The molecular formula is C19H17ClN4O. The third-order valence-electron chi connectivity index (χ3n) is 3.63. The van der Waals surface area contributed by atoms with Gasteiger partial charge >= 0.3 is 0 Å². The molecule has 0 atom stereocenters. The van der Waals surface area contributed by atoms with E-state index < -0.39 is 5.56 Å². The summed E-state index contributed by atoms with van der Waals surface area (Å²) >= 11 is 5.98. The molecule has 6 heteroatoms. The summed E-state index contributed by atoms with van der Waals surface area (Å²) in [7, 11) is 0. The molecule has 0 radical (unpaired) electrons. The third-order valence-corrected chi connectivity index (χ3v) is 4.01. The zero-order valence-electron chi connectivity index (χ0n) is 13.4. The summed E-state index contributed by atoms with van der Waals surface area (Å²) in [5.41, 5.74) is 6.04. The maximum Gasteiger partial charge on any atom is 0.285 e. The number of hydrogen-bond acceptors (Lipinski definition) is 4. The van der Waals surface area contributed by atoms with E-state index in [1.807, 2.05) is 36.4 Å². The fourth-order valence-electron chi connectivity index (χ4n) is 2.41. The molecule has 3 rings (SSSR count). The lowest BCUT2D eigenvalue weighted by molar-refractivity contribution is 0.986. The van der Waals surface area contributed by atoms with Crippen molar-refractivity contribution in [3.05, 3.63) is 93.4 Å². The number of H-pyrrole nitrogens is 1. The molecule has 0 bridgehead atoms. The van der Waals surface area contributed by atoms with E-state index in [1.54, 1.807) is 0 Å². The van der Waals surface area contributed by atoms with E-state index in [9.17, 15) is 4.79 Å². The van der Waals surface area contributed by atoms with Crippen LogP contribution in [0.2, 0.25) is 5.02 Å². The van der Waals surface area contributed by atoms with Crippen molar-refractivity contribution in [3.63, 3.8) is 0 Å². The van der Waals surface area contributed by atoms with Crippen LogP contribution in [0.4, 0.5) is 5.69 Å². The number of aromatic nitrogens is 2. The zero-order chi connectivity index (χ0) is 17.5. The van der Waals surface area contributed by atoms with Crippen LogP contribution >= 0.6 is 11.6 Å². The van der Waals surface area contributed by atoms with E-state index >= 15 is 0 Å². The minimum absolute atomic E-state index is 0.0394. The quantitative estimate of drug-likeness (QED) is 0.525. The fourth-order valence-corrected chi connectivity index (χ4v) is 2.54. The second-order valence-corrected chi connectivity index (χ2v) is 5.92. The molecule has 2 N–H and O–H groups in total. The molecule has 0 aliphatic heterocycles. The Balaban J connectivity index is 1.84. The normalized spacial score (nSPS) is 10.3. The summed E-state index contributed by atoms with van der Waals surface area (Å²) in [5.74, 6) is 0. The maximum absolute atomic E-state index is 11.5. The molecule has 0 saturated heterocycles. The average molecular weight is 353 g/mol. The molecule has 0 spiro atoms. The van der Waals surface area contributed by atoms with E-state index in [4.69, 9.17) is 11.6 Å². The molecule has 0 fully saturated rings. The first-order chi connectivity index (χ1) is 12.2. The van der Waals surface area contributed by atoms with Gasteiger partial charge in [-0.2, -0.15) is 10.2 Å². The standard InChI is InChI=1S/C19H17ClN4O/c20-18-17(13-21-24-19(18)25)23-22-16(11-14-7-3-1-4-8-14)12-15-9-5-2-6-10-15/h1-10,13H,11-12H2,(H2,23,24,25). The van der Waals surface area contributed by atoms with Crippen molar-refractivity contribution < 1.29 is 0 Å². The fraction of sp³-hybridized carbons (Fsp3) is 0.105. The predicted octanol–water partition coefficient (Wildman–Crippen LogP) is 3.68. The Kier molecular flexibility index (Phi) is 5.59. The van der Waals surface area contributed by atoms with Gasteiger partial charge in [0, 0.05) is 18.6 Å². The van der Waals surface area contributed by atoms with E-state index in [1.165, 1.54) is 6.20 Å². The van der Waals surface area contributed by atoms with E-state index in [-0.39, 0.29) is 5.02 Å². The highest BCUT2D eigenvalue weighted by Crippen LogP contribution is 2.15. The first-order valence-corrected chi connectivity index (χ1v) is 8.22. The topological polar surface area (TPSA) is 70.1 Å². The summed E-state index contributed by atoms with van der Waals surface area (Å²) in [6.45, 7) is 0. The SMILES string of the molecule is O=c1[nH]ncc(NN=C(Cc2ccccc2)Cc2ccccc2)c1Cl. The molecule has 3 aromatic rings. The summed E-state index contributed by atoms with van der Waals surface area (Å²) in [4.78, 5) is 11.5.